The summed E-state index contributed by atoms with van der Waals surface area (Å²) < 4.78 is 0. The molecule has 0 saturated heterocycles. The van der Waals surface area contributed by atoms with Gasteiger partial charge in [-0.25, -0.2) is 0 Å². The van der Waals surface area contributed by atoms with Crippen LogP contribution in [-0.4, -0.2) is 19.4 Å². The Bertz CT molecular complexity index is 208. The summed E-state index contributed by atoms with van der Waals surface area (Å²) in [5.41, 5.74) is 0. The van der Waals surface area contributed by atoms with Gasteiger partial charge in [0.25, 0.3) is 0 Å². The number of rotatable bonds is 4. The summed E-state index contributed by atoms with van der Waals surface area (Å²) in [5, 5.41) is 4.95. The first-order valence-electron chi connectivity index (χ1n) is 3.51. The van der Waals surface area contributed by atoms with Crippen LogP contribution < -0.4 is 5.32 Å². The number of aldehydes is 1. The third-order valence-corrected chi connectivity index (χ3v) is 2.43. The molecule has 1 aromatic rings. The molecule has 0 bridgehead atoms. The molecule has 1 N–H and O–H groups in total. The predicted molar refractivity (Wildman–Crippen MR) is 46.9 cm³/mol. The normalized spacial score (nSPS) is 12.8. The van der Waals surface area contributed by atoms with E-state index in [1.165, 1.54) is 4.88 Å². The SMILES string of the molecule is CN[C@H](C=O)Cc1cccs1. The Morgan fingerprint density at radius 3 is 3.09 bits per heavy atom. The molecule has 0 aromatic carbocycles. The average molecular weight is 169 g/mol. The maximum absolute atomic E-state index is 10.4. The molecular formula is C8H11NOS. The van der Waals surface area contributed by atoms with Crippen LogP contribution in [0.3, 0.4) is 0 Å². The van der Waals surface area contributed by atoms with Crippen molar-refractivity contribution in [3.05, 3.63) is 22.4 Å². The number of carbonyl (C=O) groups is 1. The minimum atomic E-state index is -0.0337. The number of thiophene rings is 1. The van der Waals surface area contributed by atoms with Gasteiger partial charge in [0.2, 0.25) is 0 Å². The Hall–Kier alpha value is -0.670. The molecule has 1 rings (SSSR count). The minimum Gasteiger partial charge on any atom is -0.310 e. The summed E-state index contributed by atoms with van der Waals surface area (Å²) in [7, 11) is 1.80. The van der Waals surface area contributed by atoms with Gasteiger partial charge in [-0.15, -0.1) is 11.3 Å². The van der Waals surface area contributed by atoms with E-state index in [9.17, 15) is 4.79 Å². The van der Waals surface area contributed by atoms with Crippen LogP contribution in [0.1, 0.15) is 4.88 Å². The molecule has 0 aliphatic heterocycles. The van der Waals surface area contributed by atoms with E-state index in [-0.39, 0.29) is 6.04 Å². The van der Waals surface area contributed by atoms with E-state index in [0.29, 0.717) is 0 Å². The maximum Gasteiger partial charge on any atom is 0.137 e. The molecule has 0 radical (unpaired) electrons. The Labute approximate surface area is 70.2 Å². The summed E-state index contributed by atoms with van der Waals surface area (Å²) in [6.45, 7) is 0. The highest BCUT2D eigenvalue weighted by Gasteiger charge is 2.04. The lowest BCUT2D eigenvalue weighted by Crippen LogP contribution is -2.28. The first-order valence-corrected chi connectivity index (χ1v) is 4.39. The van der Waals surface area contributed by atoms with Crippen LogP contribution in [0.5, 0.6) is 0 Å². The Morgan fingerprint density at radius 2 is 2.64 bits per heavy atom. The van der Waals surface area contributed by atoms with Crippen LogP contribution >= 0.6 is 11.3 Å². The molecule has 0 fully saturated rings. The van der Waals surface area contributed by atoms with Crippen LogP contribution in [0.4, 0.5) is 0 Å². The van der Waals surface area contributed by atoms with E-state index < -0.39 is 0 Å². The van der Waals surface area contributed by atoms with Crippen molar-refractivity contribution in [3.8, 4) is 0 Å². The zero-order valence-electron chi connectivity index (χ0n) is 6.41. The zero-order chi connectivity index (χ0) is 8.10. The molecule has 1 heterocycles. The zero-order valence-corrected chi connectivity index (χ0v) is 7.23. The first-order chi connectivity index (χ1) is 5.36. The molecule has 0 unspecified atom stereocenters. The number of nitrogens with one attached hydrogen (secondary N) is 1. The van der Waals surface area contributed by atoms with Crippen molar-refractivity contribution in [2.24, 2.45) is 0 Å². The van der Waals surface area contributed by atoms with Crippen molar-refractivity contribution in [2.45, 2.75) is 12.5 Å². The predicted octanol–water partition coefficient (Wildman–Crippen LogP) is 1.08. The van der Waals surface area contributed by atoms with Crippen LogP contribution in [0.2, 0.25) is 0 Å². The Balaban J connectivity index is 2.47. The van der Waals surface area contributed by atoms with Crippen molar-refractivity contribution in [1.82, 2.24) is 5.32 Å². The molecular weight excluding hydrogens is 158 g/mol. The second-order valence-electron chi connectivity index (χ2n) is 2.31. The molecule has 3 heteroatoms. The average Bonchev–Trinajstić information content (AvgIpc) is 2.52. The highest BCUT2D eigenvalue weighted by molar-refractivity contribution is 7.09. The highest BCUT2D eigenvalue weighted by Crippen LogP contribution is 2.09. The summed E-state index contributed by atoms with van der Waals surface area (Å²) in [5.74, 6) is 0. The maximum atomic E-state index is 10.4. The largest absolute Gasteiger partial charge is 0.310 e. The van der Waals surface area contributed by atoms with Crippen molar-refractivity contribution in [2.75, 3.05) is 7.05 Å². The van der Waals surface area contributed by atoms with Crippen LogP contribution in [0.25, 0.3) is 0 Å². The number of likely N-dealkylation sites (N-methyl/N-ethyl adjacent to an activating group) is 1. The molecule has 0 aliphatic carbocycles. The minimum absolute atomic E-state index is 0.0337. The number of hydrogen-bond acceptors (Lipinski definition) is 3. The lowest BCUT2D eigenvalue weighted by molar-refractivity contribution is -0.109. The van der Waals surface area contributed by atoms with Crippen molar-refractivity contribution < 1.29 is 4.79 Å². The van der Waals surface area contributed by atoms with Gasteiger partial charge in [-0.05, 0) is 18.5 Å². The summed E-state index contributed by atoms with van der Waals surface area (Å²) in [6, 6.07) is 4.00. The molecule has 0 saturated carbocycles. The fraction of sp³-hybridized carbons (Fsp3) is 0.375. The standard InChI is InChI=1S/C8H11NOS/c1-9-7(6-10)5-8-3-2-4-11-8/h2-4,6-7,9H,5H2,1H3/t7-/m0/s1. The topological polar surface area (TPSA) is 29.1 Å². The van der Waals surface area contributed by atoms with Gasteiger partial charge in [-0.2, -0.15) is 0 Å². The van der Waals surface area contributed by atoms with Crippen molar-refractivity contribution >= 4 is 17.6 Å². The molecule has 0 amide bonds. The third kappa shape index (κ3) is 2.44. The Kier molecular flexibility index (Phi) is 3.26. The Morgan fingerprint density at radius 1 is 1.82 bits per heavy atom. The molecule has 0 aliphatic rings. The van der Waals surface area contributed by atoms with Crippen molar-refractivity contribution in [1.29, 1.82) is 0 Å². The lowest BCUT2D eigenvalue weighted by atomic mass is 10.2. The van der Waals surface area contributed by atoms with Crippen LogP contribution in [-0.2, 0) is 11.2 Å². The lowest BCUT2D eigenvalue weighted by Gasteiger charge is -2.05. The van der Waals surface area contributed by atoms with Gasteiger partial charge in [0.1, 0.15) is 6.29 Å². The van der Waals surface area contributed by atoms with E-state index >= 15 is 0 Å². The first kappa shape index (κ1) is 8.43. The third-order valence-electron chi connectivity index (χ3n) is 1.54. The smallest absolute Gasteiger partial charge is 0.137 e. The van der Waals surface area contributed by atoms with Gasteiger partial charge in [-0.3, -0.25) is 0 Å². The van der Waals surface area contributed by atoms with Gasteiger partial charge in [0.15, 0.2) is 0 Å². The molecule has 1 atom stereocenters. The molecule has 60 valence electrons. The van der Waals surface area contributed by atoms with Gasteiger partial charge in [0, 0.05) is 11.3 Å². The molecule has 2 nitrogen and oxygen atoms in total. The second-order valence-corrected chi connectivity index (χ2v) is 3.35. The van der Waals surface area contributed by atoms with Crippen LogP contribution in [0, 0.1) is 0 Å². The number of carbonyl (C=O) groups excluding carboxylic acids is 1. The monoisotopic (exact) mass is 169 g/mol. The van der Waals surface area contributed by atoms with Gasteiger partial charge in [-0.1, -0.05) is 6.07 Å². The second kappa shape index (κ2) is 4.26. The molecule has 0 spiro atoms. The fourth-order valence-electron chi connectivity index (χ4n) is 0.864. The van der Waals surface area contributed by atoms with Gasteiger partial charge < -0.3 is 10.1 Å². The van der Waals surface area contributed by atoms with E-state index in [2.05, 4.69) is 5.32 Å². The van der Waals surface area contributed by atoms with E-state index in [1.54, 1.807) is 18.4 Å². The summed E-state index contributed by atoms with van der Waals surface area (Å²) in [6.07, 6.45) is 1.75. The van der Waals surface area contributed by atoms with E-state index in [0.717, 1.165) is 12.7 Å². The van der Waals surface area contributed by atoms with Gasteiger partial charge in [0.05, 0.1) is 6.04 Å². The van der Waals surface area contributed by atoms with Crippen LogP contribution in [0.15, 0.2) is 17.5 Å². The highest BCUT2D eigenvalue weighted by atomic mass is 32.1. The fourth-order valence-corrected chi connectivity index (χ4v) is 1.63. The van der Waals surface area contributed by atoms with E-state index in [4.69, 9.17) is 0 Å². The molecule has 1 aromatic heterocycles. The summed E-state index contributed by atoms with van der Waals surface area (Å²) >= 11 is 1.68. The summed E-state index contributed by atoms with van der Waals surface area (Å²) in [4.78, 5) is 11.7. The molecule has 11 heavy (non-hydrogen) atoms. The van der Waals surface area contributed by atoms with E-state index in [1.807, 2.05) is 17.5 Å². The van der Waals surface area contributed by atoms with Crippen molar-refractivity contribution in [3.63, 3.8) is 0 Å². The number of hydrogen-bond donors (Lipinski definition) is 1. The van der Waals surface area contributed by atoms with Gasteiger partial charge >= 0.3 is 0 Å². The quantitative estimate of drug-likeness (QED) is 0.683.